The summed E-state index contributed by atoms with van der Waals surface area (Å²) in [7, 11) is 0. The first-order chi connectivity index (χ1) is 10.3. The third-order valence-corrected chi connectivity index (χ3v) is 4.68. The molecule has 0 saturated heterocycles. The molecule has 1 aromatic rings. The Morgan fingerprint density at radius 2 is 2.19 bits per heavy atom. The fourth-order valence-electron chi connectivity index (χ4n) is 3.49. The lowest BCUT2D eigenvalue weighted by molar-refractivity contribution is 0.109. The van der Waals surface area contributed by atoms with Gasteiger partial charge in [0.2, 0.25) is 0 Å². The monoisotopic (exact) mass is 289 g/mol. The molecular formula is C17H27N3O. The Labute approximate surface area is 127 Å². The van der Waals surface area contributed by atoms with Crippen molar-refractivity contribution >= 4 is 5.82 Å². The maximum Gasteiger partial charge on any atom is 0.135 e. The third kappa shape index (κ3) is 3.37. The van der Waals surface area contributed by atoms with Gasteiger partial charge in [-0.1, -0.05) is 26.7 Å². The fraction of sp³-hybridized carbons (Fsp3) is 0.765. The van der Waals surface area contributed by atoms with Crippen molar-refractivity contribution in [3.63, 3.8) is 0 Å². The van der Waals surface area contributed by atoms with Crippen LogP contribution in [-0.4, -0.2) is 23.1 Å². The fourth-order valence-corrected chi connectivity index (χ4v) is 3.49. The van der Waals surface area contributed by atoms with Crippen LogP contribution in [0.5, 0.6) is 0 Å². The van der Waals surface area contributed by atoms with Gasteiger partial charge in [0.25, 0.3) is 0 Å². The van der Waals surface area contributed by atoms with Gasteiger partial charge in [-0.15, -0.1) is 0 Å². The Bertz CT molecular complexity index is 489. The molecule has 4 heteroatoms. The maximum absolute atomic E-state index is 5.60. The number of aromatic nitrogens is 2. The van der Waals surface area contributed by atoms with Crippen molar-refractivity contribution in [2.24, 2.45) is 5.92 Å². The Morgan fingerprint density at radius 1 is 1.29 bits per heavy atom. The lowest BCUT2D eigenvalue weighted by Crippen LogP contribution is -2.21. The Balaban J connectivity index is 1.89. The first kappa shape index (κ1) is 14.8. The zero-order valence-corrected chi connectivity index (χ0v) is 13.3. The van der Waals surface area contributed by atoms with E-state index in [0.717, 1.165) is 43.6 Å². The minimum absolute atomic E-state index is 0.545. The summed E-state index contributed by atoms with van der Waals surface area (Å²) in [4.78, 5) is 9.79. The third-order valence-electron chi connectivity index (χ3n) is 4.68. The van der Waals surface area contributed by atoms with E-state index in [0.29, 0.717) is 12.5 Å². The molecule has 2 unspecified atom stereocenters. The molecule has 3 rings (SSSR count). The molecule has 116 valence electrons. The second-order valence-electron chi connectivity index (χ2n) is 6.55. The average Bonchev–Trinajstić information content (AvgIpc) is 2.52. The van der Waals surface area contributed by atoms with Crippen LogP contribution < -0.4 is 5.32 Å². The van der Waals surface area contributed by atoms with E-state index < -0.39 is 0 Å². The first-order valence-corrected chi connectivity index (χ1v) is 8.49. The summed E-state index contributed by atoms with van der Waals surface area (Å²) >= 11 is 0. The van der Waals surface area contributed by atoms with Crippen molar-refractivity contribution in [1.29, 1.82) is 0 Å². The molecule has 0 aromatic carbocycles. The first-order valence-electron chi connectivity index (χ1n) is 8.49. The molecular weight excluding hydrogens is 262 g/mol. The summed E-state index contributed by atoms with van der Waals surface area (Å²) in [6, 6.07) is 0. The van der Waals surface area contributed by atoms with E-state index in [4.69, 9.17) is 14.7 Å². The van der Waals surface area contributed by atoms with Crippen molar-refractivity contribution in [2.75, 3.05) is 18.5 Å². The number of fused-ring (bicyclic) bond motifs is 1. The Kier molecular flexibility index (Phi) is 4.73. The van der Waals surface area contributed by atoms with Gasteiger partial charge in [-0.3, -0.25) is 0 Å². The van der Waals surface area contributed by atoms with Crippen molar-refractivity contribution in [3.8, 4) is 0 Å². The van der Waals surface area contributed by atoms with Crippen molar-refractivity contribution < 1.29 is 4.74 Å². The Hall–Kier alpha value is -1.16. The summed E-state index contributed by atoms with van der Waals surface area (Å²) < 4.78 is 5.60. The van der Waals surface area contributed by atoms with E-state index in [1.807, 2.05) is 0 Å². The molecule has 2 heterocycles. The molecule has 1 aliphatic heterocycles. The average molecular weight is 289 g/mol. The lowest BCUT2D eigenvalue weighted by Gasteiger charge is -2.27. The molecule has 0 radical (unpaired) electrons. The second kappa shape index (κ2) is 6.73. The van der Waals surface area contributed by atoms with E-state index in [1.165, 1.54) is 36.9 Å². The van der Waals surface area contributed by atoms with Crippen LogP contribution in [0.25, 0.3) is 0 Å². The van der Waals surface area contributed by atoms with Crippen LogP contribution in [0.3, 0.4) is 0 Å². The minimum Gasteiger partial charge on any atom is -0.376 e. The van der Waals surface area contributed by atoms with Gasteiger partial charge in [0, 0.05) is 24.4 Å². The summed E-state index contributed by atoms with van der Waals surface area (Å²) in [5.74, 6) is 3.44. The van der Waals surface area contributed by atoms with E-state index in [1.54, 1.807) is 0 Å². The highest BCUT2D eigenvalue weighted by molar-refractivity contribution is 5.47. The zero-order chi connectivity index (χ0) is 14.7. The predicted molar refractivity (Wildman–Crippen MR) is 84.5 cm³/mol. The minimum atomic E-state index is 0.545. The highest BCUT2D eigenvalue weighted by Gasteiger charge is 2.26. The normalized spacial score (nSPS) is 25.4. The summed E-state index contributed by atoms with van der Waals surface area (Å²) in [5.41, 5.74) is 2.39. The largest absolute Gasteiger partial charge is 0.376 e. The zero-order valence-electron chi connectivity index (χ0n) is 13.3. The number of hydrogen-bond acceptors (Lipinski definition) is 4. The Morgan fingerprint density at radius 3 is 3.00 bits per heavy atom. The van der Waals surface area contributed by atoms with Gasteiger partial charge in [-0.25, -0.2) is 9.97 Å². The van der Waals surface area contributed by atoms with Gasteiger partial charge in [0.1, 0.15) is 11.6 Å². The molecule has 1 N–H and O–H groups in total. The second-order valence-corrected chi connectivity index (χ2v) is 6.55. The molecule has 2 aliphatic rings. The number of anilines is 1. The molecule has 4 nitrogen and oxygen atoms in total. The maximum atomic E-state index is 5.60. The van der Waals surface area contributed by atoms with Crippen LogP contribution in [-0.2, 0) is 17.8 Å². The molecule has 0 bridgehead atoms. The van der Waals surface area contributed by atoms with Gasteiger partial charge in [0.15, 0.2) is 0 Å². The number of rotatable bonds is 4. The van der Waals surface area contributed by atoms with Gasteiger partial charge in [0.05, 0.1) is 18.9 Å². The van der Waals surface area contributed by atoms with Crippen LogP contribution in [0.15, 0.2) is 0 Å². The highest BCUT2D eigenvalue weighted by atomic mass is 16.5. The predicted octanol–water partition coefficient (Wildman–Crippen LogP) is 3.66. The lowest BCUT2D eigenvalue weighted by atomic mass is 9.82. The molecule has 21 heavy (non-hydrogen) atoms. The SMILES string of the molecule is CCCNc1nc(C2CCCC(C)C2)nc2c1COCC2. The van der Waals surface area contributed by atoms with Gasteiger partial charge in [-0.05, 0) is 25.2 Å². The molecule has 0 spiro atoms. The number of ether oxygens (including phenoxy) is 1. The summed E-state index contributed by atoms with van der Waals surface area (Å²) in [6.45, 7) is 6.94. The molecule has 2 atom stereocenters. The van der Waals surface area contributed by atoms with E-state index in [9.17, 15) is 0 Å². The molecule has 1 fully saturated rings. The molecule has 0 amide bonds. The van der Waals surface area contributed by atoms with E-state index in [2.05, 4.69) is 19.2 Å². The van der Waals surface area contributed by atoms with Crippen LogP contribution >= 0.6 is 0 Å². The summed E-state index contributed by atoms with van der Waals surface area (Å²) in [5, 5.41) is 3.48. The molecule has 1 saturated carbocycles. The van der Waals surface area contributed by atoms with Crippen LogP contribution in [0, 0.1) is 5.92 Å². The van der Waals surface area contributed by atoms with Gasteiger partial charge >= 0.3 is 0 Å². The number of nitrogens with zero attached hydrogens (tertiary/aromatic N) is 2. The topological polar surface area (TPSA) is 47.0 Å². The smallest absolute Gasteiger partial charge is 0.135 e. The van der Waals surface area contributed by atoms with Crippen molar-refractivity contribution in [2.45, 2.75) is 64.9 Å². The van der Waals surface area contributed by atoms with Crippen molar-refractivity contribution in [3.05, 3.63) is 17.1 Å². The molecule has 1 aliphatic carbocycles. The summed E-state index contributed by atoms with van der Waals surface area (Å²) in [6.07, 6.45) is 7.18. The van der Waals surface area contributed by atoms with Crippen LogP contribution in [0.1, 0.15) is 69.0 Å². The van der Waals surface area contributed by atoms with Gasteiger partial charge in [-0.2, -0.15) is 0 Å². The van der Waals surface area contributed by atoms with E-state index >= 15 is 0 Å². The highest BCUT2D eigenvalue weighted by Crippen LogP contribution is 2.36. The number of nitrogens with one attached hydrogen (secondary N) is 1. The number of hydrogen-bond donors (Lipinski definition) is 1. The van der Waals surface area contributed by atoms with Crippen LogP contribution in [0.2, 0.25) is 0 Å². The van der Waals surface area contributed by atoms with Crippen LogP contribution in [0.4, 0.5) is 5.82 Å². The standard InChI is InChI=1S/C17H27N3O/c1-3-8-18-17-14-11-21-9-7-15(14)19-16(20-17)13-6-4-5-12(2)10-13/h12-13H,3-11H2,1-2H3,(H,18,19,20). The molecule has 1 aromatic heterocycles. The van der Waals surface area contributed by atoms with Gasteiger partial charge < -0.3 is 10.1 Å². The van der Waals surface area contributed by atoms with Crippen molar-refractivity contribution in [1.82, 2.24) is 9.97 Å². The quantitative estimate of drug-likeness (QED) is 0.919. The van der Waals surface area contributed by atoms with E-state index in [-0.39, 0.29) is 0 Å².